The molecule has 0 spiro atoms. The molecule has 1 aromatic rings. The summed E-state index contributed by atoms with van der Waals surface area (Å²) in [5.74, 6) is -0.138. The summed E-state index contributed by atoms with van der Waals surface area (Å²) >= 11 is 0. The molecule has 29 heavy (non-hydrogen) atoms. The number of carbonyl (C=O) groups is 3. The fourth-order valence-corrected chi connectivity index (χ4v) is 3.93. The van der Waals surface area contributed by atoms with Crippen LogP contribution in [-0.4, -0.2) is 59.0 Å². The van der Waals surface area contributed by atoms with Gasteiger partial charge in [0.25, 0.3) is 0 Å². The molecule has 1 saturated heterocycles. The molecule has 2 N–H and O–H groups in total. The quantitative estimate of drug-likeness (QED) is 0.839. The third-order valence-electron chi connectivity index (χ3n) is 5.62. The van der Waals surface area contributed by atoms with Gasteiger partial charge in [-0.25, -0.2) is 4.79 Å². The fourth-order valence-electron chi connectivity index (χ4n) is 3.93. The predicted octanol–water partition coefficient (Wildman–Crippen LogP) is 2.75. The first kappa shape index (κ1) is 21.1. The summed E-state index contributed by atoms with van der Waals surface area (Å²) in [5.41, 5.74) is 6.30. The lowest BCUT2D eigenvalue weighted by Crippen LogP contribution is -2.57. The number of benzene rings is 1. The summed E-state index contributed by atoms with van der Waals surface area (Å²) in [7, 11) is 0. The molecule has 7 heteroatoms. The van der Waals surface area contributed by atoms with E-state index in [0.29, 0.717) is 25.2 Å². The Hall–Kier alpha value is -2.57. The highest BCUT2D eigenvalue weighted by atomic mass is 16.6. The third kappa shape index (κ3) is 4.89. The van der Waals surface area contributed by atoms with Crippen LogP contribution in [-0.2, 0) is 9.53 Å². The molecule has 1 heterocycles. The molecule has 158 valence electrons. The monoisotopic (exact) mass is 401 g/mol. The van der Waals surface area contributed by atoms with Crippen LogP contribution >= 0.6 is 0 Å². The van der Waals surface area contributed by atoms with Crippen molar-refractivity contribution in [1.82, 2.24) is 9.80 Å². The van der Waals surface area contributed by atoms with Gasteiger partial charge in [-0.2, -0.15) is 0 Å². The average Bonchev–Trinajstić information content (AvgIpc) is 3.46. The Morgan fingerprint density at radius 1 is 1.14 bits per heavy atom. The summed E-state index contributed by atoms with van der Waals surface area (Å²) in [5, 5.41) is 0. The Labute approximate surface area is 172 Å². The van der Waals surface area contributed by atoms with Crippen molar-refractivity contribution >= 4 is 17.9 Å². The van der Waals surface area contributed by atoms with E-state index >= 15 is 0 Å². The Morgan fingerprint density at radius 2 is 1.79 bits per heavy atom. The van der Waals surface area contributed by atoms with Gasteiger partial charge in [-0.05, 0) is 57.2 Å². The number of nitrogens with zero attached hydrogens (tertiary/aromatic N) is 2. The second kappa shape index (κ2) is 8.05. The molecule has 3 atom stereocenters. The van der Waals surface area contributed by atoms with Gasteiger partial charge in [0.2, 0.25) is 11.8 Å². The maximum atomic E-state index is 13.1. The summed E-state index contributed by atoms with van der Waals surface area (Å²) in [6, 6.07) is 7.20. The standard InChI is InChI=1S/C22H31N3O4/c1-5-16-13-24(21(28)29-22(2,3)4)10-11-25(16)20(27)18-12-17(18)14-6-8-15(9-7-14)19(23)26/h6-9,16-18H,5,10-13H2,1-4H3,(H2,23,26)/t16-,17+,18-/m1/s1. The average molecular weight is 402 g/mol. The molecule has 1 aliphatic heterocycles. The molecule has 1 saturated carbocycles. The van der Waals surface area contributed by atoms with E-state index < -0.39 is 11.5 Å². The van der Waals surface area contributed by atoms with E-state index in [4.69, 9.17) is 10.5 Å². The number of piperazine rings is 1. The first-order chi connectivity index (χ1) is 13.6. The number of carbonyl (C=O) groups excluding carboxylic acids is 3. The topological polar surface area (TPSA) is 92.9 Å². The normalized spacial score (nSPS) is 24.2. The maximum absolute atomic E-state index is 13.1. The predicted molar refractivity (Wildman–Crippen MR) is 109 cm³/mol. The molecule has 0 unspecified atom stereocenters. The minimum atomic E-state index is -0.531. The van der Waals surface area contributed by atoms with Crippen molar-refractivity contribution in [1.29, 1.82) is 0 Å². The zero-order valence-corrected chi connectivity index (χ0v) is 17.7. The van der Waals surface area contributed by atoms with Crippen molar-refractivity contribution in [3.8, 4) is 0 Å². The molecule has 0 radical (unpaired) electrons. The van der Waals surface area contributed by atoms with Gasteiger partial charge in [-0.1, -0.05) is 19.1 Å². The molecule has 0 aromatic heterocycles. The van der Waals surface area contributed by atoms with Crippen molar-refractivity contribution in [2.24, 2.45) is 11.7 Å². The Kier molecular flexibility index (Phi) is 5.87. The lowest BCUT2D eigenvalue weighted by atomic mass is 10.0. The Bertz CT molecular complexity index is 784. The first-order valence-corrected chi connectivity index (χ1v) is 10.3. The van der Waals surface area contributed by atoms with E-state index in [1.165, 1.54) is 0 Å². The summed E-state index contributed by atoms with van der Waals surface area (Å²) in [6.45, 7) is 9.11. The van der Waals surface area contributed by atoms with Gasteiger partial charge >= 0.3 is 6.09 Å². The smallest absolute Gasteiger partial charge is 0.410 e. The molecule has 2 aliphatic rings. The van der Waals surface area contributed by atoms with Crippen LogP contribution in [0.25, 0.3) is 0 Å². The van der Waals surface area contributed by atoms with Crippen LogP contribution in [0.4, 0.5) is 4.79 Å². The highest BCUT2D eigenvalue weighted by Crippen LogP contribution is 2.49. The number of rotatable bonds is 4. The van der Waals surface area contributed by atoms with Crippen LogP contribution < -0.4 is 5.73 Å². The van der Waals surface area contributed by atoms with Crippen molar-refractivity contribution in [3.05, 3.63) is 35.4 Å². The molecule has 7 nitrogen and oxygen atoms in total. The van der Waals surface area contributed by atoms with Crippen LogP contribution in [0.3, 0.4) is 0 Å². The SMILES string of the molecule is CC[C@@H]1CN(C(=O)OC(C)(C)C)CCN1C(=O)[C@@H]1C[C@H]1c1ccc(C(N)=O)cc1. The number of hydrogen-bond donors (Lipinski definition) is 1. The molecule has 3 rings (SSSR count). The molecule has 1 aromatic carbocycles. The van der Waals surface area contributed by atoms with Crippen molar-refractivity contribution in [3.63, 3.8) is 0 Å². The van der Waals surface area contributed by atoms with Crippen LogP contribution in [0.2, 0.25) is 0 Å². The molecule has 3 amide bonds. The zero-order chi connectivity index (χ0) is 21.3. The molecular weight excluding hydrogens is 370 g/mol. The second-order valence-electron chi connectivity index (χ2n) is 8.96. The Balaban J connectivity index is 1.60. The maximum Gasteiger partial charge on any atom is 0.410 e. The van der Waals surface area contributed by atoms with Gasteiger partial charge in [0.15, 0.2) is 0 Å². The molecule has 0 bridgehead atoms. The number of ether oxygens (including phenoxy) is 1. The van der Waals surface area contributed by atoms with E-state index in [0.717, 1.165) is 18.4 Å². The highest BCUT2D eigenvalue weighted by molar-refractivity contribution is 5.92. The van der Waals surface area contributed by atoms with Crippen LogP contribution in [0.5, 0.6) is 0 Å². The first-order valence-electron chi connectivity index (χ1n) is 10.3. The van der Waals surface area contributed by atoms with Gasteiger partial charge in [-0.15, -0.1) is 0 Å². The fraction of sp³-hybridized carbons (Fsp3) is 0.591. The van der Waals surface area contributed by atoms with E-state index in [-0.39, 0.29) is 29.9 Å². The van der Waals surface area contributed by atoms with Gasteiger partial charge < -0.3 is 20.3 Å². The van der Waals surface area contributed by atoms with E-state index in [9.17, 15) is 14.4 Å². The summed E-state index contributed by atoms with van der Waals surface area (Å²) in [4.78, 5) is 40.3. The second-order valence-corrected chi connectivity index (χ2v) is 8.96. The molecular formula is C22H31N3O4. The van der Waals surface area contributed by atoms with Gasteiger partial charge in [-0.3, -0.25) is 9.59 Å². The lowest BCUT2D eigenvalue weighted by Gasteiger charge is -2.41. The number of primary amides is 1. The van der Waals surface area contributed by atoms with E-state index in [2.05, 4.69) is 0 Å². The van der Waals surface area contributed by atoms with E-state index in [1.807, 2.05) is 44.7 Å². The number of amides is 3. The minimum Gasteiger partial charge on any atom is -0.444 e. The lowest BCUT2D eigenvalue weighted by molar-refractivity contribution is -0.137. The van der Waals surface area contributed by atoms with Crippen LogP contribution in [0, 0.1) is 5.92 Å². The highest BCUT2D eigenvalue weighted by Gasteiger charge is 2.47. The summed E-state index contributed by atoms with van der Waals surface area (Å²) in [6.07, 6.45) is 1.29. The largest absolute Gasteiger partial charge is 0.444 e. The number of nitrogens with two attached hydrogens (primary N) is 1. The van der Waals surface area contributed by atoms with Crippen molar-refractivity contribution in [2.75, 3.05) is 19.6 Å². The van der Waals surface area contributed by atoms with Crippen molar-refractivity contribution in [2.45, 2.75) is 58.1 Å². The molecule has 1 aliphatic carbocycles. The van der Waals surface area contributed by atoms with E-state index in [1.54, 1.807) is 17.0 Å². The summed E-state index contributed by atoms with van der Waals surface area (Å²) < 4.78 is 5.48. The molecule has 2 fully saturated rings. The van der Waals surface area contributed by atoms with Crippen molar-refractivity contribution < 1.29 is 19.1 Å². The van der Waals surface area contributed by atoms with Gasteiger partial charge in [0, 0.05) is 37.2 Å². The number of hydrogen-bond acceptors (Lipinski definition) is 4. The van der Waals surface area contributed by atoms with Crippen LogP contribution in [0.15, 0.2) is 24.3 Å². The zero-order valence-electron chi connectivity index (χ0n) is 17.7. The third-order valence-corrected chi connectivity index (χ3v) is 5.62. The van der Waals surface area contributed by atoms with Crippen LogP contribution in [0.1, 0.15) is 62.4 Å². The minimum absolute atomic E-state index is 0.00209. The van der Waals surface area contributed by atoms with Gasteiger partial charge in [0.05, 0.1) is 0 Å². The van der Waals surface area contributed by atoms with Gasteiger partial charge in [0.1, 0.15) is 5.60 Å². The Morgan fingerprint density at radius 3 is 2.34 bits per heavy atom.